The molecule has 0 saturated heterocycles. The van der Waals surface area contributed by atoms with Gasteiger partial charge < -0.3 is 10.4 Å². The summed E-state index contributed by atoms with van der Waals surface area (Å²) in [6, 6.07) is 20.7. The third-order valence-electron chi connectivity index (χ3n) is 5.29. The first-order valence-electron chi connectivity index (χ1n) is 10.5. The zero-order chi connectivity index (χ0) is 23.4. The van der Waals surface area contributed by atoms with E-state index in [4.69, 9.17) is 0 Å². The summed E-state index contributed by atoms with van der Waals surface area (Å²) in [6.45, 7) is 1.88. The highest BCUT2D eigenvalue weighted by Gasteiger charge is 2.28. The first-order valence-corrected chi connectivity index (χ1v) is 12.8. The number of carbonyl (C=O) groups is 1. The summed E-state index contributed by atoms with van der Waals surface area (Å²) >= 11 is 1.53. The molecule has 0 aromatic heterocycles. The lowest BCUT2D eigenvalue weighted by molar-refractivity contribution is 0.102. The summed E-state index contributed by atoms with van der Waals surface area (Å²) in [5.74, 6) is -0.250. The number of hydrogen-bond acceptors (Lipinski definition) is 5. The molecule has 1 aliphatic rings. The number of carbonyl (C=O) groups excluding carboxylic acids is 1. The first kappa shape index (κ1) is 23.1. The number of fused-ring (bicyclic) bond motifs is 1. The van der Waals surface area contributed by atoms with Gasteiger partial charge in [-0.15, -0.1) is 11.8 Å². The number of nitrogens with one attached hydrogen (secondary N) is 1. The number of rotatable bonds is 6. The van der Waals surface area contributed by atoms with Crippen LogP contribution in [0.4, 0.5) is 11.4 Å². The fourth-order valence-corrected chi connectivity index (χ4v) is 6.09. The minimum absolute atomic E-state index is 0.0204. The van der Waals surface area contributed by atoms with Crippen molar-refractivity contribution >= 4 is 39.1 Å². The average Bonchev–Trinajstić information content (AvgIpc) is 2.99. The number of nitrogens with zero attached hydrogens (tertiary/aromatic N) is 1. The molecule has 3 aromatic carbocycles. The number of thioether (sulfide) groups is 1. The number of anilines is 2. The molecule has 0 fully saturated rings. The molecule has 8 heteroatoms. The summed E-state index contributed by atoms with van der Waals surface area (Å²) in [7, 11) is -3.88. The molecule has 170 valence electrons. The lowest BCUT2D eigenvalue weighted by atomic mass is 10.1. The molecule has 0 aliphatic carbocycles. The predicted molar refractivity (Wildman–Crippen MR) is 132 cm³/mol. The molecule has 1 aliphatic heterocycles. The van der Waals surface area contributed by atoms with Crippen molar-refractivity contribution in [2.45, 2.75) is 28.4 Å². The van der Waals surface area contributed by atoms with Gasteiger partial charge in [-0.05, 0) is 61.4 Å². The van der Waals surface area contributed by atoms with Crippen LogP contribution in [0.15, 0.2) is 94.9 Å². The lowest BCUT2D eigenvalue weighted by Crippen LogP contribution is -2.25. The van der Waals surface area contributed by atoms with Crippen molar-refractivity contribution in [3.63, 3.8) is 0 Å². The van der Waals surface area contributed by atoms with Crippen LogP contribution in [0.3, 0.4) is 0 Å². The van der Waals surface area contributed by atoms with Crippen molar-refractivity contribution < 1.29 is 18.3 Å². The number of aliphatic hydroxyl groups is 1. The van der Waals surface area contributed by atoms with E-state index in [1.807, 2.05) is 31.2 Å². The standard InChI is InChI=1S/C25H24N2O4S2/c1-18-6-2-3-7-22(18)25(29)26-19-10-12-21(13-11-19)33(30,31)27-16-14-20(15-17-28)32-24-9-5-4-8-23(24)27/h2-14,16,20,28H,15,17H2,1H3,(H,26,29). The molecule has 1 atom stereocenters. The van der Waals surface area contributed by atoms with Gasteiger partial charge in [-0.2, -0.15) is 0 Å². The average molecular weight is 481 g/mol. The van der Waals surface area contributed by atoms with E-state index in [2.05, 4.69) is 5.32 Å². The molecule has 0 bridgehead atoms. The number of amides is 1. The Kier molecular flexibility index (Phi) is 6.88. The monoisotopic (exact) mass is 480 g/mol. The summed E-state index contributed by atoms with van der Waals surface area (Å²) < 4.78 is 28.3. The van der Waals surface area contributed by atoms with Crippen LogP contribution in [0.5, 0.6) is 0 Å². The zero-order valence-corrected chi connectivity index (χ0v) is 19.6. The van der Waals surface area contributed by atoms with Gasteiger partial charge in [0, 0.05) is 34.2 Å². The van der Waals surface area contributed by atoms with Gasteiger partial charge in [0.05, 0.1) is 10.6 Å². The topological polar surface area (TPSA) is 86.7 Å². The van der Waals surface area contributed by atoms with E-state index in [1.54, 1.807) is 48.7 Å². The van der Waals surface area contributed by atoms with Crippen LogP contribution in [0.1, 0.15) is 22.3 Å². The Morgan fingerprint density at radius 1 is 1.03 bits per heavy atom. The second-order valence-electron chi connectivity index (χ2n) is 7.57. The van der Waals surface area contributed by atoms with Gasteiger partial charge in [-0.3, -0.25) is 4.79 Å². The van der Waals surface area contributed by atoms with Crippen molar-refractivity contribution in [1.29, 1.82) is 0 Å². The van der Waals surface area contributed by atoms with Crippen molar-refractivity contribution in [1.82, 2.24) is 0 Å². The molecule has 1 heterocycles. The maximum Gasteiger partial charge on any atom is 0.268 e. The van der Waals surface area contributed by atoms with Crippen molar-refractivity contribution in [2.24, 2.45) is 0 Å². The number of aryl methyl sites for hydroxylation is 1. The van der Waals surface area contributed by atoms with E-state index in [0.29, 0.717) is 23.4 Å². The van der Waals surface area contributed by atoms with E-state index in [1.165, 1.54) is 28.2 Å². The summed E-state index contributed by atoms with van der Waals surface area (Å²) in [4.78, 5) is 13.5. The quantitative estimate of drug-likeness (QED) is 0.529. The largest absolute Gasteiger partial charge is 0.396 e. The van der Waals surface area contributed by atoms with Gasteiger partial charge in [0.15, 0.2) is 0 Å². The predicted octanol–water partition coefficient (Wildman–Crippen LogP) is 4.81. The van der Waals surface area contributed by atoms with E-state index >= 15 is 0 Å². The van der Waals surface area contributed by atoms with Crippen molar-refractivity contribution in [3.8, 4) is 0 Å². The molecule has 6 nitrogen and oxygen atoms in total. The molecule has 0 spiro atoms. The van der Waals surface area contributed by atoms with Crippen LogP contribution in [-0.4, -0.2) is 31.3 Å². The Morgan fingerprint density at radius 2 is 1.73 bits per heavy atom. The molecule has 0 saturated carbocycles. The number of sulfonamides is 1. The van der Waals surface area contributed by atoms with Gasteiger partial charge in [-0.1, -0.05) is 36.4 Å². The van der Waals surface area contributed by atoms with Crippen LogP contribution < -0.4 is 9.62 Å². The van der Waals surface area contributed by atoms with E-state index in [-0.39, 0.29) is 22.7 Å². The number of para-hydroxylation sites is 1. The van der Waals surface area contributed by atoms with Crippen molar-refractivity contribution in [3.05, 3.63) is 96.2 Å². The molecule has 3 aromatic rings. The normalized spacial score (nSPS) is 15.6. The van der Waals surface area contributed by atoms with Crippen LogP contribution in [0.2, 0.25) is 0 Å². The summed E-state index contributed by atoms with van der Waals surface area (Å²) in [5, 5.41) is 12.1. The van der Waals surface area contributed by atoms with E-state index < -0.39 is 10.0 Å². The molecular formula is C25H24N2O4S2. The zero-order valence-electron chi connectivity index (χ0n) is 18.0. The highest BCUT2D eigenvalue weighted by molar-refractivity contribution is 8.00. The molecule has 2 N–H and O–H groups in total. The maximum absolute atomic E-state index is 13.5. The summed E-state index contributed by atoms with van der Waals surface area (Å²) in [6.07, 6.45) is 3.89. The van der Waals surface area contributed by atoms with Crippen molar-refractivity contribution in [2.75, 3.05) is 16.2 Å². The maximum atomic E-state index is 13.5. The highest BCUT2D eigenvalue weighted by atomic mass is 32.2. The second-order valence-corrected chi connectivity index (χ2v) is 10.7. The lowest BCUT2D eigenvalue weighted by Gasteiger charge is -2.21. The van der Waals surface area contributed by atoms with Crippen LogP contribution in [0, 0.1) is 6.92 Å². The van der Waals surface area contributed by atoms with Gasteiger partial charge in [0.2, 0.25) is 0 Å². The summed E-state index contributed by atoms with van der Waals surface area (Å²) in [5.41, 5.74) is 2.50. The molecule has 1 unspecified atom stereocenters. The highest BCUT2D eigenvalue weighted by Crippen LogP contribution is 2.39. The Balaban J connectivity index is 1.60. The van der Waals surface area contributed by atoms with E-state index in [0.717, 1.165) is 10.5 Å². The molecule has 33 heavy (non-hydrogen) atoms. The smallest absolute Gasteiger partial charge is 0.268 e. The second kappa shape index (κ2) is 9.82. The minimum Gasteiger partial charge on any atom is -0.396 e. The Bertz CT molecular complexity index is 1290. The molecule has 1 amide bonds. The SMILES string of the molecule is Cc1ccccc1C(=O)Nc1ccc(S(=O)(=O)N2C=CC(CCO)Sc3ccccc32)cc1. The number of benzene rings is 3. The minimum atomic E-state index is -3.88. The van der Waals surface area contributed by atoms with Gasteiger partial charge >= 0.3 is 0 Å². The molecule has 4 rings (SSSR count). The third kappa shape index (κ3) is 4.98. The third-order valence-corrected chi connectivity index (χ3v) is 8.29. The van der Waals surface area contributed by atoms with Crippen LogP contribution in [0.25, 0.3) is 0 Å². The first-order chi connectivity index (χ1) is 15.9. The fourth-order valence-electron chi connectivity index (χ4n) is 3.54. The number of hydrogen-bond donors (Lipinski definition) is 2. The molecule has 0 radical (unpaired) electrons. The van der Waals surface area contributed by atoms with E-state index in [9.17, 15) is 18.3 Å². The Hall–Kier alpha value is -3.07. The number of aliphatic hydroxyl groups excluding tert-OH is 1. The fraction of sp³-hybridized carbons (Fsp3) is 0.160. The van der Waals surface area contributed by atoms with Crippen LogP contribution >= 0.6 is 11.8 Å². The van der Waals surface area contributed by atoms with Gasteiger partial charge in [0.25, 0.3) is 15.9 Å². The van der Waals surface area contributed by atoms with Crippen LogP contribution in [-0.2, 0) is 10.0 Å². The Morgan fingerprint density at radius 3 is 2.45 bits per heavy atom. The van der Waals surface area contributed by atoms with Gasteiger partial charge in [-0.25, -0.2) is 12.7 Å². The van der Waals surface area contributed by atoms with Gasteiger partial charge in [0.1, 0.15) is 0 Å². The Labute approximate surface area is 198 Å². The molecular weight excluding hydrogens is 456 g/mol.